The Hall–Kier alpha value is -0.160. The second-order valence-corrected chi connectivity index (χ2v) is 4.84. The molecule has 0 bridgehead atoms. The largest absolute Gasteiger partial charge is 0.396 e. The summed E-state index contributed by atoms with van der Waals surface area (Å²) in [5.41, 5.74) is -0.149. The second kappa shape index (κ2) is 7.22. The lowest BCUT2D eigenvalue weighted by Crippen LogP contribution is -2.50. The van der Waals surface area contributed by atoms with Crippen LogP contribution in [0.2, 0.25) is 0 Å². The Morgan fingerprint density at radius 3 is 2.88 bits per heavy atom. The summed E-state index contributed by atoms with van der Waals surface area (Å²) in [4.78, 5) is 0. The van der Waals surface area contributed by atoms with E-state index in [1.807, 2.05) is 0 Å². The molecule has 2 N–H and O–H groups in total. The summed E-state index contributed by atoms with van der Waals surface area (Å²) in [5.74, 6) is 0. The molecule has 0 saturated carbocycles. The summed E-state index contributed by atoms with van der Waals surface area (Å²) in [7, 11) is 1.69. The van der Waals surface area contributed by atoms with Crippen LogP contribution in [-0.4, -0.2) is 50.2 Å². The van der Waals surface area contributed by atoms with E-state index in [1.165, 1.54) is 12.8 Å². The Balaban J connectivity index is 2.30. The average molecular weight is 231 g/mol. The molecule has 1 aliphatic rings. The lowest BCUT2D eigenvalue weighted by atomic mass is 9.98. The van der Waals surface area contributed by atoms with E-state index in [0.29, 0.717) is 19.1 Å². The van der Waals surface area contributed by atoms with Crippen LogP contribution in [0.25, 0.3) is 0 Å². The van der Waals surface area contributed by atoms with Crippen molar-refractivity contribution in [2.24, 2.45) is 0 Å². The van der Waals surface area contributed by atoms with E-state index in [-0.39, 0.29) is 12.1 Å². The molecule has 0 aromatic carbocycles. The van der Waals surface area contributed by atoms with Crippen LogP contribution in [0.15, 0.2) is 0 Å². The Morgan fingerprint density at radius 2 is 2.31 bits per heavy atom. The van der Waals surface area contributed by atoms with Crippen molar-refractivity contribution >= 4 is 0 Å². The zero-order valence-corrected chi connectivity index (χ0v) is 10.5. The third-order valence-electron chi connectivity index (χ3n) is 3.16. The summed E-state index contributed by atoms with van der Waals surface area (Å²) in [5, 5.41) is 12.5. The van der Waals surface area contributed by atoms with Gasteiger partial charge in [0.05, 0.1) is 12.7 Å². The third-order valence-corrected chi connectivity index (χ3v) is 3.16. The van der Waals surface area contributed by atoms with E-state index in [2.05, 4.69) is 12.2 Å². The van der Waals surface area contributed by atoms with Crippen LogP contribution >= 0.6 is 0 Å². The van der Waals surface area contributed by atoms with Crippen molar-refractivity contribution in [1.29, 1.82) is 0 Å². The molecule has 4 nitrogen and oxygen atoms in total. The minimum atomic E-state index is -0.149. The van der Waals surface area contributed by atoms with Crippen LogP contribution in [0.4, 0.5) is 0 Å². The first-order valence-electron chi connectivity index (χ1n) is 6.16. The quantitative estimate of drug-likeness (QED) is 0.684. The Kier molecular flexibility index (Phi) is 6.28. The highest BCUT2D eigenvalue weighted by atomic mass is 16.5. The van der Waals surface area contributed by atoms with E-state index in [1.54, 1.807) is 7.11 Å². The van der Waals surface area contributed by atoms with Crippen molar-refractivity contribution in [3.63, 3.8) is 0 Å². The molecule has 0 unspecified atom stereocenters. The first-order valence-corrected chi connectivity index (χ1v) is 6.16. The van der Waals surface area contributed by atoms with Gasteiger partial charge in [-0.2, -0.15) is 0 Å². The maximum Gasteiger partial charge on any atom is 0.0699 e. The highest BCUT2D eigenvalue weighted by Crippen LogP contribution is 2.14. The lowest BCUT2D eigenvalue weighted by Gasteiger charge is -2.32. The monoisotopic (exact) mass is 231 g/mol. The van der Waals surface area contributed by atoms with E-state index >= 15 is 0 Å². The van der Waals surface area contributed by atoms with Gasteiger partial charge in [0.2, 0.25) is 0 Å². The fraction of sp³-hybridized carbons (Fsp3) is 1.00. The first-order chi connectivity index (χ1) is 7.70. The van der Waals surface area contributed by atoms with Crippen molar-refractivity contribution in [3.8, 4) is 0 Å². The number of aliphatic hydroxyl groups excluding tert-OH is 1. The molecular formula is C12H25NO3. The molecule has 0 aromatic heterocycles. The standard InChI is InChI=1S/C12H25NO3/c1-12(6-7-14,10-15-2)13-9-11-5-3-4-8-16-11/h11,13-14H,3-10H2,1-2H3/t11-,12+/m0/s1. The van der Waals surface area contributed by atoms with Crippen LogP contribution in [0, 0.1) is 0 Å². The minimum absolute atomic E-state index is 0.149. The Morgan fingerprint density at radius 1 is 1.50 bits per heavy atom. The second-order valence-electron chi connectivity index (χ2n) is 4.84. The molecule has 4 heteroatoms. The van der Waals surface area contributed by atoms with E-state index < -0.39 is 0 Å². The molecule has 96 valence electrons. The van der Waals surface area contributed by atoms with E-state index in [9.17, 15) is 0 Å². The summed E-state index contributed by atoms with van der Waals surface area (Å²) in [6.07, 6.45) is 4.60. The summed E-state index contributed by atoms with van der Waals surface area (Å²) < 4.78 is 10.8. The predicted octanol–water partition coefficient (Wildman–Crippen LogP) is 0.933. The van der Waals surface area contributed by atoms with Crippen molar-refractivity contribution in [1.82, 2.24) is 5.32 Å². The van der Waals surface area contributed by atoms with Gasteiger partial charge in [0.1, 0.15) is 0 Å². The van der Waals surface area contributed by atoms with E-state index in [4.69, 9.17) is 14.6 Å². The number of nitrogens with one attached hydrogen (secondary N) is 1. The molecule has 1 saturated heterocycles. The fourth-order valence-electron chi connectivity index (χ4n) is 2.11. The maximum atomic E-state index is 9.04. The average Bonchev–Trinajstić information content (AvgIpc) is 2.29. The molecule has 0 spiro atoms. The van der Waals surface area contributed by atoms with Crippen LogP contribution < -0.4 is 5.32 Å². The van der Waals surface area contributed by atoms with Crippen molar-refractivity contribution in [3.05, 3.63) is 0 Å². The molecule has 0 aromatic rings. The third kappa shape index (κ3) is 4.78. The van der Waals surface area contributed by atoms with Gasteiger partial charge >= 0.3 is 0 Å². The zero-order valence-electron chi connectivity index (χ0n) is 10.5. The first kappa shape index (κ1) is 13.9. The maximum absolute atomic E-state index is 9.04. The van der Waals surface area contributed by atoms with Gasteiger partial charge in [-0.1, -0.05) is 0 Å². The smallest absolute Gasteiger partial charge is 0.0699 e. The van der Waals surface area contributed by atoms with Gasteiger partial charge in [-0.25, -0.2) is 0 Å². The molecule has 1 aliphatic heterocycles. The normalized spacial score (nSPS) is 25.3. The van der Waals surface area contributed by atoms with Gasteiger partial charge in [0, 0.05) is 32.4 Å². The van der Waals surface area contributed by atoms with Gasteiger partial charge < -0.3 is 19.9 Å². The van der Waals surface area contributed by atoms with Gasteiger partial charge in [0.15, 0.2) is 0 Å². The fourth-order valence-corrected chi connectivity index (χ4v) is 2.11. The molecule has 1 rings (SSSR count). The zero-order chi connectivity index (χ0) is 11.9. The van der Waals surface area contributed by atoms with Crippen molar-refractivity contribution in [2.45, 2.75) is 44.2 Å². The van der Waals surface area contributed by atoms with Gasteiger partial charge in [-0.15, -0.1) is 0 Å². The topological polar surface area (TPSA) is 50.7 Å². The highest BCUT2D eigenvalue weighted by Gasteiger charge is 2.25. The number of hydrogen-bond donors (Lipinski definition) is 2. The van der Waals surface area contributed by atoms with Gasteiger partial charge in [-0.3, -0.25) is 0 Å². The molecule has 0 aliphatic carbocycles. The number of ether oxygens (including phenoxy) is 2. The Bertz CT molecular complexity index is 175. The van der Waals surface area contributed by atoms with Crippen LogP contribution in [0.5, 0.6) is 0 Å². The number of methoxy groups -OCH3 is 1. The summed E-state index contributed by atoms with van der Waals surface area (Å²) in [6, 6.07) is 0. The van der Waals surface area contributed by atoms with E-state index in [0.717, 1.165) is 19.6 Å². The number of aliphatic hydroxyl groups is 1. The molecule has 1 fully saturated rings. The summed E-state index contributed by atoms with van der Waals surface area (Å²) >= 11 is 0. The molecule has 2 atom stereocenters. The summed E-state index contributed by atoms with van der Waals surface area (Å²) in [6.45, 7) is 4.60. The minimum Gasteiger partial charge on any atom is -0.396 e. The van der Waals surface area contributed by atoms with Crippen molar-refractivity contribution < 1.29 is 14.6 Å². The lowest BCUT2D eigenvalue weighted by molar-refractivity contribution is 0.00602. The SMILES string of the molecule is COC[C@@](C)(CCO)NC[C@@H]1CCCCO1. The van der Waals surface area contributed by atoms with Crippen LogP contribution in [-0.2, 0) is 9.47 Å². The molecule has 0 amide bonds. The molecule has 1 heterocycles. The van der Waals surface area contributed by atoms with Crippen LogP contribution in [0.1, 0.15) is 32.6 Å². The number of rotatable bonds is 7. The molecule has 0 radical (unpaired) electrons. The Labute approximate surface area is 98.3 Å². The van der Waals surface area contributed by atoms with Crippen LogP contribution in [0.3, 0.4) is 0 Å². The molecule has 16 heavy (non-hydrogen) atoms. The predicted molar refractivity (Wildman–Crippen MR) is 63.6 cm³/mol. The highest BCUT2D eigenvalue weighted by molar-refractivity contribution is 4.84. The number of hydrogen-bond acceptors (Lipinski definition) is 4. The van der Waals surface area contributed by atoms with Gasteiger partial charge in [-0.05, 0) is 32.6 Å². The van der Waals surface area contributed by atoms with Crippen molar-refractivity contribution in [2.75, 3.05) is 33.5 Å². The van der Waals surface area contributed by atoms with Gasteiger partial charge in [0.25, 0.3) is 0 Å². The molecular weight excluding hydrogens is 206 g/mol.